The lowest BCUT2D eigenvalue weighted by Crippen LogP contribution is -2.22. The molecule has 6 heteroatoms. The van der Waals surface area contributed by atoms with Crippen molar-refractivity contribution in [2.45, 2.75) is 33.0 Å². The molecule has 0 fully saturated rings. The fourth-order valence-corrected chi connectivity index (χ4v) is 2.19. The first-order valence-electron chi connectivity index (χ1n) is 6.83. The Kier molecular flexibility index (Phi) is 5.52. The van der Waals surface area contributed by atoms with Crippen LogP contribution in [0.3, 0.4) is 0 Å². The molecule has 112 valence electrons. The first-order chi connectivity index (χ1) is 10.0. The van der Waals surface area contributed by atoms with Crippen LogP contribution in [0.1, 0.15) is 19.5 Å². The van der Waals surface area contributed by atoms with Crippen molar-refractivity contribution in [1.29, 1.82) is 0 Å². The quantitative estimate of drug-likeness (QED) is 0.841. The summed E-state index contributed by atoms with van der Waals surface area (Å²) in [5, 5.41) is 6.16. The van der Waals surface area contributed by atoms with Crippen LogP contribution >= 0.6 is 15.9 Å². The zero-order chi connectivity index (χ0) is 15.2. The zero-order valence-electron chi connectivity index (χ0n) is 12.1. The molecule has 0 bridgehead atoms. The molecule has 0 saturated carbocycles. The van der Waals surface area contributed by atoms with E-state index in [1.54, 1.807) is 10.9 Å². The third kappa shape index (κ3) is 4.99. The summed E-state index contributed by atoms with van der Waals surface area (Å²) in [7, 11) is 0. The Balaban J connectivity index is 1.90. The number of imidazole rings is 1. The van der Waals surface area contributed by atoms with Crippen molar-refractivity contribution >= 4 is 27.5 Å². The minimum Gasteiger partial charge on any atom is -0.328 e. The Bertz CT molecular complexity index is 609. The molecule has 2 N–H and O–H groups in total. The normalized spacial score (nSPS) is 10.9. The van der Waals surface area contributed by atoms with Crippen molar-refractivity contribution in [3.05, 3.63) is 47.0 Å². The number of rotatable bonds is 6. The van der Waals surface area contributed by atoms with E-state index in [2.05, 4.69) is 45.4 Å². The minimum absolute atomic E-state index is 0.0809. The molecular formula is C15H19BrN4O. The van der Waals surface area contributed by atoms with E-state index in [0.717, 1.165) is 15.9 Å². The van der Waals surface area contributed by atoms with Crippen LogP contribution < -0.4 is 10.6 Å². The van der Waals surface area contributed by atoms with E-state index < -0.39 is 0 Å². The van der Waals surface area contributed by atoms with Crippen LogP contribution in [0.2, 0.25) is 0 Å². The highest BCUT2D eigenvalue weighted by atomic mass is 79.9. The third-order valence-corrected chi connectivity index (χ3v) is 3.54. The highest BCUT2D eigenvalue weighted by molar-refractivity contribution is 9.10. The summed E-state index contributed by atoms with van der Waals surface area (Å²) in [5.41, 5.74) is 1.70. The lowest BCUT2D eigenvalue weighted by Gasteiger charge is -2.07. The second kappa shape index (κ2) is 7.38. The van der Waals surface area contributed by atoms with Crippen molar-refractivity contribution in [2.24, 2.45) is 0 Å². The summed E-state index contributed by atoms with van der Waals surface area (Å²) in [4.78, 5) is 16.3. The molecule has 0 radical (unpaired) electrons. The Morgan fingerprint density at radius 3 is 2.86 bits per heavy atom. The maximum Gasteiger partial charge on any atom is 0.244 e. The standard InChI is InChI=1S/C15H19BrN4O/c1-11(2)17-7-12-8-20(10-18-12)9-15(21)19-14-6-4-3-5-13(14)16/h3-6,8,10-11,17H,7,9H2,1-2H3,(H,19,21). The molecule has 0 saturated heterocycles. The van der Waals surface area contributed by atoms with Gasteiger partial charge in [-0.25, -0.2) is 4.98 Å². The van der Waals surface area contributed by atoms with E-state index in [1.165, 1.54) is 0 Å². The predicted octanol–water partition coefficient (Wildman–Crippen LogP) is 2.78. The number of carbonyl (C=O) groups excluding carboxylic acids is 1. The van der Waals surface area contributed by atoms with Crippen molar-refractivity contribution in [1.82, 2.24) is 14.9 Å². The molecule has 0 atom stereocenters. The summed E-state index contributed by atoms with van der Waals surface area (Å²) in [5.74, 6) is -0.0809. The highest BCUT2D eigenvalue weighted by Gasteiger charge is 2.07. The van der Waals surface area contributed by atoms with Gasteiger partial charge in [0.05, 0.1) is 17.7 Å². The van der Waals surface area contributed by atoms with Gasteiger partial charge < -0.3 is 15.2 Å². The van der Waals surface area contributed by atoms with Crippen molar-refractivity contribution in [3.63, 3.8) is 0 Å². The van der Waals surface area contributed by atoms with Gasteiger partial charge in [0.2, 0.25) is 5.91 Å². The minimum atomic E-state index is -0.0809. The topological polar surface area (TPSA) is 59.0 Å². The molecule has 2 rings (SSSR count). The number of anilines is 1. The molecule has 0 spiro atoms. The van der Waals surface area contributed by atoms with Gasteiger partial charge in [-0.05, 0) is 28.1 Å². The number of hydrogen-bond donors (Lipinski definition) is 2. The van der Waals surface area contributed by atoms with Gasteiger partial charge in [-0.15, -0.1) is 0 Å². The second-order valence-corrected chi connectivity index (χ2v) is 5.96. The van der Waals surface area contributed by atoms with Crippen LogP contribution in [0.25, 0.3) is 0 Å². The molecule has 0 aliphatic carbocycles. The van der Waals surface area contributed by atoms with Crippen molar-refractivity contribution in [2.75, 3.05) is 5.32 Å². The lowest BCUT2D eigenvalue weighted by molar-refractivity contribution is -0.116. The first kappa shape index (κ1) is 15.7. The molecule has 21 heavy (non-hydrogen) atoms. The van der Waals surface area contributed by atoms with Crippen LogP contribution in [-0.2, 0) is 17.9 Å². The van der Waals surface area contributed by atoms with E-state index in [9.17, 15) is 4.79 Å². The van der Waals surface area contributed by atoms with Gasteiger partial charge in [0.25, 0.3) is 0 Å². The number of nitrogens with zero attached hydrogens (tertiary/aromatic N) is 2. The Labute approximate surface area is 132 Å². The van der Waals surface area contributed by atoms with E-state index in [-0.39, 0.29) is 12.5 Å². The molecule has 2 aromatic rings. The smallest absolute Gasteiger partial charge is 0.244 e. The number of halogens is 1. The number of hydrogen-bond acceptors (Lipinski definition) is 3. The van der Waals surface area contributed by atoms with Gasteiger partial charge in [-0.1, -0.05) is 26.0 Å². The van der Waals surface area contributed by atoms with Crippen LogP contribution in [-0.4, -0.2) is 21.5 Å². The number of nitrogens with one attached hydrogen (secondary N) is 2. The lowest BCUT2D eigenvalue weighted by atomic mass is 10.3. The fraction of sp³-hybridized carbons (Fsp3) is 0.333. The molecular weight excluding hydrogens is 332 g/mol. The van der Waals surface area contributed by atoms with Crippen LogP contribution in [0.15, 0.2) is 41.3 Å². The highest BCUT2D eigenvalue weighted by Crippen LogP contribution is 2.21. The van der Waals surface area contributed by atoms with Crippen LogP contribution in [0.4, 0.5) is 5.69 Å². The average Bonchev–Trinajstić information content (AvgIpc) is 2.86. The number of carbonyl (C=O) groups is 1. The van der Waals surface area contributed by atoms with E-state index >= 15 is 0 Å². The number of amides is 1. The summed E-state index contributed by atoms with van der Waals surface area (Å²) in [6, 6.07) is 7.95. The number of benzene rings is 1. The van der Waals surface area contributed by atoms with Crippen molar-refractivity contribution < 1.29 is 4.79 Å². The maximum absolute atomic E-state index is 12.0. The summed E-state index contributed by atoms with van der Waals surface area (Å²) in [6.45, 7) is 5.12. The van der Waals surface area contributed by atoms with Gasteiger partial charge in [-0.2, -0.15) is 0 Å². The van der Waals surface area contributed by atoms with E-state index in [1.807, 2.05) is 30.5 Å². The van der Waals surface area contributed by atoms with Gasteiger partial charge in [-0.3, -0.25) is 4.79 Å². The molecule has 5 nitrogen and oxygen atoms in total. The van der Waals surface area contributed by atoms with Gasteiger partial charge >= 0.3 is 0 Å². The summed E-state index contributed by atoms with van der Waals surface area (Å²) in [6.07, 6.45) is 3.56. The fourth-order valence-electron chi connectivity index (χ4n) is 1.81. The Hall–Kier alpha value is -1.66. The number of aromatic nitrogens is 2. The Morgan fingerprint density at radius 2 is 2.14 bits per heavy atom. The van der Waals surface area contributed by atoms with E-state index in [4.69, 9.17) is 0 Å². The zero-order valence-corrected chi connectivity index (χ0v) is 13.7. The average molecular weight is 351 g/mol. The summed E-state index contributed by atoms with van der Waals surface area (Å²) >= 11 is 3.41. The first-order valence-corrected chi connectivity index (χ1v) is 7.62. The predicted molar refractivity (Wildman–Crippen MR) is 87.0 cm³/mol. The molecule has 0 unspecified atom stereocenters. The van der Waals surface area contributed by atoms with Gasteiger partial charge in [0.1, 0.15) is 6.54 Å². The SMILES string of the molecule is CC(C)NCc1cn(CC(=O)Nc2ccccc2Br)cn1. The molecule has 1 heterocycles. The monoisotopic (exact) mass is 350 g/mol. The van der Waals surface area contributed by atoms with E-state index in [0.29, 0.717) is 12.6 Å². The maximum atomic E-state index is 12.0. The summed E-state index contributed by atoms with van der Waals surface area (Å²) < 4.78 is 2.65. The molecule has 1 amide bonds. The van der Waals surface area contributed by atoms with Gasteiger partial charge in [0, 0.05) is 23.3 Å². The second-order valence-electron chi connectivity index (χ2n) is 5.10. The largest absolute Gasteiger partial charge is 0.328 e. The molecule has 0 aliphatic rings. The van der Waals surface area contributed by atoms with Crippen LogP contribution in [0.5, 0.6) is 0 Å². The molecule has 1 aromatic carbocycles. The van der Waals surface area contributed by atoms with Crippen molar-refractivity contribution in [3.8, 4) is 0 Å². The molecule has 1 aromatic heterocycles. The third-order valence-electron chi connectivity index (χ3n) is 2.85. The van der Waals surface area contributed by atoms with Gasteiger partial charge in [0.15, 0.2) is 0 Å². The Morgan fingerprint density at radius 1 is 1.38 bits per heavy atom. The van der Waals surface area contributed by atoms with Crippen LogP contribution in [0, 0.1) is 0 Å². The molecule has 0 aliphatic heterocycles. The number of para-hydroxylation sites is 1.